The van der Waals surface area contributed by atoms with Gasteiger partial charge in [-0.25, -0.2) is 9.67 Å². The van der Waals surface area contributed by atoms with Crippen molar-refractivity contribution in [2.45, 2.75) is 19.4 Å². The van der Waals surface area contributed by atoms with Crippen molar-refractivity contribution in [1.82, 2.24) is 20.0 Å². The molecule has 7 heteroatoms. The molecule has 2 aromatic rings. The summed E-state index contributed by atoms with van der Waals surface area (Å²) in [6, 6.07) is -0.139. The third kappa shape index (κ3) is 2.31. The van der Waals surface area contributed by atoms with E-state index in [9.17, 15) is 0 Å². The van der Waals surface area contributed by atoms with Crippen molar-refractivity contribution in [2.24, 2.45) is 12.8 Å². The van der Waals surface area contributed by atoms with Gasteiger partial charge in [-0.2, -0.15) is 0 Å². The zero-order valence-electron chi connectivity index (χ0n) is 9.01. The highest BCUT2D eigenvalue weighted by atomic mass is 79.9. The highest BCUT2D eigenvalue weighted by molar-refractivity contribution is 9.10. The minimum absolute atomic E-state index is 0.139. The molecule has 1 atom stereocenters. The number of aryl methyl sites for hydroxylation is 2. The summed E-state index contributed by atoms with van der Waals surface area (Å²) in [7, 11) is 1.83. The van der Waals surface area contributed by atoms with Gasteiger partial charge in [0.1, 0.15) is 0 Å². The fourth-order valence-electron chi connectivity index (χ4n) is 1.51. The van der Waals surface area contributed by atoms with E-state index in [1.807, 2.05) is 19.4 Å². The van der Waals surface area contributed by atoms with Crippen LogP contribution in [0.2, 0.25) is 0 Å². The van der Waals surface area contributed by atoms with Gasteiger partial charge in [-0.1, -0.05) is 5.21 Å². The van der Waals surface area contributed by atoms with Crippen LogP contribution in [0.3, 0.4) is 0 Å². The molecule has 0 fully saturated rings. The Balaban J connectivity index is 2.17. The first-order valence-corrected chi connectivity index (χ1v) is 6.47. The van der Waals surface area contributed by atoms with Crippen molar-refractivity contribution in [3.63, 3.8) is 0 Å². The average Bonchev–Trinajstić information content (AvgIpc) is 2.74. The van der Waals surface area contributed by atoms with Gasteiger partial charge in [0.25, 0.3) is 0 Å². The predicted octanol–water partition coefficient (Wildman–Crippen LogP) is 1.59. The number of hydrogen-bond acceptors (Lipinski definition) is 5. The summed E-state index contributed by atoms with van der Waals surface area (Å²) in [5.74, 6) is 0. The molecule has 2 aromatic heterocycles. The molecule has 86 valence electrons. The summed E-state index contributed by atoms with van der Waals surface area (Å²) in [5, 5.41) is 10.9. The van der Waals surface area contributed by atoms with E-state index in [0.29, 0.717) is 11.0 Å². The van der Waals surface area contributed by atoms with E-state index in [1.165, 1.54) is 0 Å². The van der Waals surface area contributed by atoms with Crippen molar-refractivity contribution in [1.29, 1.82) is 0 Å². The number of rotatable bonds is 3. The fourth-order valence-corrected chi connectivity index (χ4v) is 2.97. The molecular weight excluding hydrogens is 290 g/mol. The molecule has 1 unspecified atom stereocenters. The summed E-state index contributed by atoms with van der Waals surface area (Å²) in [6.07, 6.45) is 0.707. The van der Waals surface area contributed by atoms with Gasteiger partial charge in [-0.15, -0.1) is 16.4 Å². The molecule has 0 amide bonds. The molecule has 5 nitrogen and oxygen atoms in total. The van der Waals surface area contributed by atoms with E-state index in [2.05, 4.69) is 31.2 Å². The highest BCUT2D eigenvalue weighted by Crippen LogP contribution is 2.23. The molecular formula is C9H12BrN5S. The van der Waals surface area contributed by atoms with Crippen molar-refractivity contribution < 1.29 is 0 Å². The zero-order valence-corrected chi connectivity index (χ0v) is 11.4. The predicted molar refractivity (Wildman–Crippen MR) is 66.2 cm³/mol. The summed E-state index contributed by atoms with van der Waals surface area (Å²) >= 11 is 4.98. The van der Waals surface area contributed by atoms with Gasteiger partial charge in [0.15, 0.2) is 4.60 Å². The minimum Gasteiger partial charge on any atom is -0.322 e. The number of nitrogens with zero attached hydrogens (tertiary/aromatic N) is 4. The van der Waals surface area contributed by atoms with Gasteiger partial charge in [0.2, 0.25) is 0 Å². The SMILES string of the molecule is Cc1csc(CC(N)c2c(Br)nnn2C)n1. The lowest BCUT2D eigenvalue weighted by Crippen LogP contribution is -2.17. The zero-order chi connectivity index (χ0) is 11.7. The maximum atomic E-state index is 6.12. The largest absolute Gasteiger partial charge is 0.322 e. The first-order chi connectivity index (χ1) is 7.58. The van der Waals surface area contributed by atoms with Gasteiger partial charge in [0.05, 0.1) is 16.7 Å². The molecule has 0 aliphatic heterocycles. The molecule has 0 saturated carbocycles. The molecule has 0 aliphatic rings. The van der Waals surface area contributed by atoms with Gasteiger partial charge in [0, 0.05) is 24.5 Å². The molecule has 2 heterocycles. The Morgan fingerprint density at radius 1 is 1.62 bits per heavy atom. The average molecular weight is 302 g/mol. The fraction of sp³-hybridized carbons (Fsp3) is 0.444. The van der Waals surface area contributed by atoms with Gasteiger partial charge < -0.3 is 5.73 Å². The van der Waals surface area contributed by atoms with Crippen LogP contribution in [0.1, 0.15) is 22.4 Å². The number of nitrogens with two attached hydrogens (primary N) is 1. The van der Waals surface area contributed by atoms with Gasteiger partial charge in [-0.3, -0.25) is 0 Å². The molecule has 0 saturated heterocycles. The number of thiazole rings is 1. The molecule has 0 aliphatic carbocycles. The lowest BCUT2D eigenvalue weighted by atomic mass is 10.2. The van der Waals surface area contributed by atoms with Crippen LogP contribution in [0, 0.1) is 6.92 Å². The van der Waals surface area contributed by atoms with E-state index in [0.717, 1.165) is 16.4 Å². The van der Waals surface area contributed by atoms with E-state index in [1.54, 1.807) is 16.0 Å². The van der Waals surface area contributed by atoms with Gasteiger partial charge >= 0.3 is 0 Å². The van der Waals surface area contributed by atoms with Crippen LogP contribution in [0.15, 0.2) is 9.98 Å². The third-order valence-electron chi connectivity index (χ3n) is 2.24. The Morgan fingerprint density at radius 3 is 2.88 bits per heavy atom. The molecule has 2 rings (SSSR count). The standard InChI is InChI=1S/C9H12BrN5S/c1-5-4-16-7(12-5)3-6(11)8-9(10)13-14-15(8)2/h4,6H,3,11H2,1-2H3. The molecule has 0 spiro atoms. The quantitative estimate of drug-likeness (QED) is 0.934. The number of hydrogen-bond donors (Lipinski definition) is 1. The van der Waals surface area contributed by atoms with Crippen LogP contribution in [-0.2, 0) is 13.5 Å². The second kappa shape index (κ2) is 4.60. The number of aromatic nitrogens is 4. The minimum atomic E-state index is -0.139. The van der Waals surface area contributed by atoms with Crippen LogP contribution in [0.4, 0.5) is 0 Å². The van der Waals surface area contributed by atoms with E-state index in [4.69, 9.17) is 5.73 Å². The molecule has 0 radical (unpaired) electrons. The van der Waals surface area contributed by atoms with Crippen LogP contribution >= 0.6 is 27.3 Å². The van der Waals surface area contributed by atoms with E-state index < -0.39 is 0 Å². The monoisotopic (exact) mass is 301 g/mol. The normalized spacial score (nSPS) is 13.0. The highest BCUT2D eigenvalue weighted by Gasteiger charge is 2.17. The van der Waals surface area contributed by atoms with Crippen molar-refractivity contribution in [2.75, 3.05) is 0 Å². The lowest BCUT2D eigenvalue weighted by Gasteiger charge is -2.09. The topological polar surface area (TPSA) is 69.6 Å². The Bertz CT molecular complexity index is 472. The molecule has 0 bridgehead atoms. The van der Waals surface area contributed by atoms with Crippen LogP contribution < -0.4 is 5.73 Å². The Labute approximate surface area is 106 Å². The summed E-state index contributed by atoms with van der Waals surface area (Å²) in [5.41, 5.74) is 8.05. The maximum absolute atomic E-state index is 6.12. The Kier molecular flexibility index (Phi) is 3.36. The first kappa shape index (κ1) is 11.7. The van der Waals surface area contributed by atoms with Crippen molar-refractivity contribution >= 4 is 27.3 Å². The number of halogens is 1. The smallest absolute Gasteiger partial charge is 0.153 e. The first-order valence-electron chi connectivity index (χ1n) is 4.79. The maximum Gasteiger partial charge on any atom is 0.153 e. The summed E-state index contributed by atoms with van der Waals surface area (Å²) in [6.45, 7) is 1.98. The molecule has 16 heavy (non-hydrogen) atoms. The van der Waals surface area contributed by atoms with E-state index >= 15 is 0 Å². The van der Waals surface area contributed by atoms with Crippen LogP contribution in [-0.4, -0.2) is 20.0 Å². The molecule has 0 aromatic carbocycles. The van der Waals surface area contributed by atoms with Gasteiger partial charge in [-0.05, 0) is 22.9 Å². The Hall–Kier alpha value is -0.790. The second-order valence-corrected chi connectivity index (χ2v) is 5.28. The third-order valence-corrected chi connectivity index (χ3v) is 3.79. The van der Waals surface area contributed by atoms with Crippen molar-refractivity contribution in [3.8, 4) is 0 Å². The van der Waals surface area contributed by atoms with Crippen LogP contribution in [0.25, 0.3) is 0 Å². The second-order valence-electron chi connectivity index (χ2n) is 3.58. The van der Waals surface area contributed by atoms with Crippen LogP contribution in [0.5, 0.6) is 0 Å². The molecule has 2 N–H and O–H groups in total. The van der Waals surface area contributed by atoms with Crippen molar-refractivity contribution in [3.05, 3.63) is 26.4 Å². The van der Waals surface area contributed by atoms with E-state index in [-0.39, 0.29) is 6.04 Å². The Morgan fingerprint density at radius 2 is 2.38 bits per heavy atom. The summed E-state index contributed by atoms with van der Waals surface area (Å²) in [4.78, 5) is 4.39. The summed E-state index contributed by atoms with van der Waals surface area (Å²) < 4.78 is 2.39. The lowest BCUT2D eigenvalue weighted by molar-refractivity contribution is 0.604.